The van der Waals surface area contributed by atoms with E-state index in [0.29, 0.717) is 38.5 Å². The van der Waals surface area contributed by atoms with Crippen LogP contribution in [0.5, 0.6) is 0 Å². The van der Waals surface area contributed by atoms with Crippen molar-refractivity contribution >= 4 is 11.6 Å². The van der Waals surface area contributed by atoms with Gasteiger partial charge in [0.2, 0.25) is 0 Å². The van der Waals surface area contributed by atoms with E-state index in [1.807, 2.05) is 6.92 Å². The van der Waals surface area contributed by atoms with Crippen molar-refractivity contribution < 1.29 is 24.9 Å². The summed E-state index contributed by atoms with van der Waals surface area (Å²) in [6.07, 6.45) is 5.26. The lowest BCUT2D eigenvalue weighted by Crippen LogP contribution is -2.66. The maximum Gasteiger partial charge on any atom is 0.161 e. The second-order valence-corrected chi connectivity index (χ2v) is 9.61. The molecule has 5 heteroatoms. The summed E-state index contributed by atoms with van der Waals surface area (Å²) in [5.41, 5.74) is -0.788. The Morgan fingerprint density at radius 3 is 2.65 bits per heavy atom. The van der Waals surface area contributed by atoms with E-state index < -0.39 is 23.7 Å². The highest BCUT2D eigenvalue weighted by Gasteiger charge is 2.69. The Bertz CT molecular complexity index is 684. The van der Waals surface area contributed by atoms with Gasteiger partial charge in [-0.15, -0.1) is 0 Å². The summed E-state index contributed by atoms with van der Waals surface area (Å²) in [5, 5.41) is 32.4. The Morgan fingerprint density at radius 1 is 1.23 bits per heavy atom. The summed E-state index contributed by atoms with van der Waals surface area (Å²) in [4.78, 5) is 24.2. The number of aliphatic hydroxyl groups is 3. The number of rotatable bonds is 2. The summed E-state index contributed by atoms with van der Waals surface area (Å²) < 4.78 is 0. The minimum atomic E-state index is -1.02. The van der Waals surface area contributed by atoms with Gasteiger partial charge in [-0.1, -0.05) is 19.4 Å². The molecule has 0 saturated heterocycles. The molecular formula is C21H30O5. The molecule has 0 bridgehead atoms. The van der Waals surface area contributed by atoms with E-state index in [9.17, 15) is 24.9 Å². The maximum atomic E-state index is 12.3. The molecule has 5 nitrogen and oxygen atoms in total. The van der Waals surface area contributed by atoms with Gasteiger partial charge in [0.15, 0.2) is 11.6 Å². The standard InChI is InChI=1S/C21H30O5/c1-19-7-6-13(23)9-12(19)5-8-21(26)17-4-3-14(16(25)11-22)20(17,2)10-15(24)18(19)21/h9,14-15,17-18,22,24,26H,3-8,10-11H2,1-2H3/t14-,15+,17-,18-,19+,20-,21-/m1/s1. The Morgan fingerprint density at radius 2 is 1.96 bits per heavy atom. The van der Waals surface area contributed by atoms with Gasteiger partial charge in [0.1, 0.15) is 6.61 Å². The molecule has 4 aliphatic rings. The third-order valence-electron chi connectivity index (χ3n) is 8.50. The predicted molar refractivity (Wildman–Crippen MR) is 95.1 cm³/mol. The van der Waals surface area contributed by atoms with Crippen LogP contribution in [0.25, 0.3) is 0 Å². The van der Waals surface area contributed by atoms with Crippen molar-refractivity contribution in [1.82, 2.24) is 0 Å². The van der Waals surface area contributed by atoms with Crippen molar-refractivity contribution in [2.45, 2.75) is 70.5 Å². The van der Waals surface area contributed by atoms with Crippen LogP contribution in [0.4, 0.5) is 0 Å². The first-order valence-electron chi connectivity index (χ1n) is 9.95. The fourth-order valence-electron chi connectivity index (χ4n) is 7.43. The number of Topliss-reactive ketones (excluding diaryl/α,β-unsaturated/α-hetero) is 1. The van der Waals surface area contributed by atoms with E-state index in [1.54, 1.807) is 6.08 Å². The molecule has 0 aromatic carbocycles. The topological polar surface area (TPSA) is 94.8 Å². The third kappa shape index (κ3) is 2.20. The molecule has 0 aliphatic heterocycles. The number of ketones is 2. The molecule has 7 atom stereocenters. The molecule has 0 aromatic heterocycles. The van der Waals surface area contributed by atoms with Crippen LogP contribution in [-0.4, -0.2) is 45.2 Å². The molecular weight excluding hydrogens is 332 g/mol. The molecule has 4 rings (SSSR count). The highest BCUT2D eigenvalue weighted by molar-refractivity contribution is 5.91. The van der Waals surface area contributed by atoms with Crippen LogP contribution in [0.2, 0.25) is 0 Å². The molecule has 4 aliphatic carbocycles. The van der Waals surface area contributed by atoms with E-state index in [1.165, 1.54) is 0 Å². The molecule has 3 N–H and O–H groups in total. The van der Waals surface area contributed by atoms with Gasteiger partial charge >= 0.3 is 0 Å². The van der Waals surface area contributed by atoms with Crippen molar-refractivity contribution in [3.63, 3.8) is 0 Å². The number of fused-ring (bicyclic) bond motifs is 5. The number of allylic oxidation sites excluding steroid dienone is 1. The molecule has 0 unspecified atom stereocenters. The Balaban J connectivity index is 1.77. The van der Waals surface area contributed by atoms with Gasteiger partial charge in [0.05, 0.1) is 11.7 Å². The van der Waals surface area contributed by atoms with Gasteiger partial charge in [0, 0.05) is 18.3 Å². The van der Waals surface area contributed by atoms with Crippen molar-refractivity contribution in [3.8, 4) is 0 Å². The monoisotopic (exact) mass is 362 g/mol. The SMILES string of the molecule is C[C@]12C[C@H](O)[C@H]3[C@@](O)(CCC4=CC(=O)CC[C@@]43C)[C@@H]1CC[C@@H]2C(=O)CO. The van der Waals surface area contributed by atoms with Crippen LogP contribution < -0.4 is 0 Å². The first-order valence-corrected chi connectivity index (χ1v) is 9.95. The van der Waals surface area contributed by atoms with Crippen LogP contribution in [-0.2, 0) is 9.59 Å². The van der Waals surface area contributed by atoms with Crippen molar-refractivity contribution in [3.05, 3.63) is 11.6 Å². The predicted octanol–water partition coefficient (Wildman–Crippen LogP) is 1.78. The van der Waals surface area contributed by atoms with Gasteiger partial charge in [0.25, 0.3) is 0 Å². The Kier molecular flexibility index (Phi) is 4.04. The molecule has 3 saturated carbocycles. The number of aliphatic hydroxyl groups excluding tert-OH is 2. The molecule has 0 radical (unpaired) electrons. The van der Waals surface area contributed by atoms with Gasteiger partial charge in [-0.25, -0.2) is 0 Å². The number of carbonyl (C=O) groups is 2. The van der Waals surface area contributed by atoms with E-state index in [2.05, 4.69) is 6.92 Å². The van der Waals surface area contributed by atoms with E-state index in [-0.39, 0.29) is 34.7 Å². The summed E-state index contributed by atoms with van der Waals surface area (Å²) in [7, 11) is 0. The van der Waals surface area contributed by atoms with Crippen molar-refractivity contribution in [1.29, 1.82) is 0 Å². The van der Waals surface area contributed by atoms with Crippen LogP contribution in [0.3, 0.4) is 0 Å². The zero-order valence-corrected chi connectivity index (χ0v) is 15.7. The minimum absolute atomic E-state index is 0.0556. The van der Waals surface area contributed by atoms with E-state index >= 15 is 0 Å². The number of hydrogen-bond donors (Lipinski definition) is 3. The van der Waals surface area contributed by atoms with Crippen LogP contribution >= 0.6 is 0 Å². The molecule has 0 spiro atoms. The molecule has 26 heavy (non-hydrogen) atoms. The first kappa shape index (κ1) is 18.3. The average Bonchev–Trinajstić information content (AvgIpc) is 2.92. The van der Waals surface area contributed by atoms with Crippen molar-refractivity contribution in [2.24, 2.45) is 28.6 Å². The molecule has 0 amide bonds. The molecule has 0 heterocycles. The second-order valence-electron chi connectivity index (χ2n) is 9.61. The van der Waals surface area contributed by atoms with Gasteiger partial charge < -0.3 is 15.3 Å². The lowest BCUT2D eigenvalue weighted by atomic mass is 9.44. The van der Waals surface area contributed by atoms with Crippen LogP contribution in [0.15, 0.2) is 11.6 Å². The number of carbonyl (C=O) groups excluding carboxylic acids is 2. The van der Waals surface area contributed by atoms with E-state index in [0.717, 1.165) is 12.0 Å². The van der Waals surface area contributed by atoms with Gasteiger partial charge in [-0.3, -0.25) is 9.59 Å². The van der Waals surface area contributed by atoms with Crippen LogP contribution in [0, 0.1) is 28.6 Å². The second kappa shape index (κ2) is 5.73. The third-order valence-corrected chi connectivity index (χ3v) is 8.50. The highest BCUT2D eigenvalue weighted by atomic mass is 16.3. The maximum absolute atomic E-state index is 12.3. The minimum Gasteiger partial charge on any atom is -0.393 e. The fraction of sp³-hybridized carbons (Fsp3) is 0.810. The Labute approximate surface area is 154 Å². The fourth-order valence-corrected chi connectivity index (χ4v) is 7.43. The van der Waals surface area contributed by atoms with Gasteiger partial charge in [-0.05, 0) is 61.3 Å². The quantitative estimate of drug-likeness (QED) is 0.696. The average molecular weight is 362 g/mol. The highest BCUT2D eigenvalue weighted by Crippen LogP contribution is 2.68. The molecule has 144 valence electrons. The normalized spacial score (nSPS) is 50.5. The lowest BCUT2D eigenvalue weighted by Gasteiger charge is -2.63. The summed E-state index contributed by atoms with van der Waals surface area (Å²) in [6.45, 7) is 3.63. The van der Waals surface area contributed by atoms with E-state index in [4.69, 9.17) is 0 Å². The van der Waals surface area contributed by atoms with Gasteiger partial charge in [-0.2, -0.15) is 0 Å². The summed E-state index contributed by atoms with van der Waals surface area (Å²) >= 11 is 0. The first-order chi connectivity index (χ1) is 12.2. The lowest BCUT2D eigenvalue weighted by molar-refractivity contribution is -0.227. The van der Waals surface area contributed by atoms with Crippen LogP contribution in [0.1, 0.15) is 58.8 Å². The molecule has 0 aromatic rings. The Hall–Kier alpha value is -1.04. The summed E-state index contributed by atoms with van der Waals surface area (Å²) in [5.74, 6) is -0.679. The number of hydrogen-bond acceptors (Lipinski definition) is 5. The summed E-state index contributed by atoms with van der Waals surface area (Å²) in [6, 6.07) is 0. The molecule has 3 fully saturated rings. The van der Waals surface area contributed by atoms with Crippen molar-refractivity contribution in [2.75, 3.05) is 6.61 Å². The zero-order valence-electron chi connectivity index (χ0n) is 15.7. The largest absolute Gasteiger partial charge is 0.393 e. The zero-order chi connectivity index (χ0) is 18.9. The smallest absolute Gasteiger partial charge is 0.161 e.